The first-order valence-corrected chi connectivity index (χ1v) is 9.31. The number of ether oxygens (including phenoxy) is 2. The van der Waals surface area contributed by atoms with Gasteiger partial charge in [0.05, 0.1) is 24.8 Å². The summed E-state index contributed by atoms with van der Waals surface area (Å²) in [6, 6.07) is 14.3. The smallest absolute Gasteiger partial charge is 0.333 e. The third-order valence-corrected chi connectivity index (χ3v) is 4.02. The summed E-state index contributed by atoms with van der Waals surface area (Å²) in [6.45, 7) is 6.70. The van der Waals surface area contributed by atoms with Gasteiger partial charge in [-0.2, -0.15) is 5.26 Å². The number of esters is 1. The van der Waals surface area contributed by atoms with Gasteiger partial charge in [0.1, 0.15) is 5.75 Å². The van der Waals surface area contributed by atoms with Crippen LogP contribution in [-0.4, -0.2) is 19.2 Å². The predicted molar refractivity (Wildman–Crippen MR) is 106 cm³/mol. The van der Waals surface area contributed by atoms with Crippen molar-refractivity contribution < 1.29 is 14.3 Å². The van der Waals surface area contributed by atoms with E-state index in [1.165, 1.54) is 0 Å². The van der Waals surface area contributed by atoms with E-state index in [0.717, 1.165) is 35.4 Å². The Labute approximate surface area is 160 Å². The molecule has 0 saturated heterocycles. The lowest BCUT2D eigenvalue weighted by atomic mass is 10.0. The van der Waals surface area contributed by atoms with Crippen LogP contribution in [0.15, 0.2) is 42.5 Å². The summed E-state index contributed by atoms with van der Waals surface area (Å²) in [7, 11) is 0. The van der Waals surface area contributed by atoms with Crippen molar-refractivity contribution in [2.24, 2.45) is 0 Å². The van der Waals surface area contributed by atoms with E-state index < -0.39 is 6.04 Å². The SMILES string of the molecule is CCCc1cc(OCC)cc(C(Nc2ccc(C#N)cc2)C(=O)OCC)c1. The number of nitrogens with zero attached hydrogens (tertiary/aromatic N) is 1. The molecule has 27 heavy (non-hydrogen) atoms. The lowest BCUT2D eigenvalue weighted by molar-refractivity contribution is -0.144. The fourth-order valence-electron chi connectivity index (χ4n) is 2.85. The van der Waals surface area contributed by atoms with Crippen molar-refractivity contribution >= 4 is 11.7 Å². The molecule has 0 spiro atoms. The quantitative estimate of drug-likeness (QED) is 0.655. The molecule has 0 heterocycles. The van der Waals surface area contributed by atoms with E-state index in [2.05, 4.69) is 18.3 Å². The Balaban J connectivity index is 2.39. The molecule has 0 saturated carbocycles. The van der Waals surface area contributed by atoms with E-state index in [4.69, 9.17) is 14.7 Å². The van der Waals surface area contributed by atoms with Gasteiger partial charge < -0.3 is 14.8 Å². The van der Waals surface area contributed by atoms with Crippen LogP contribution in [0.5, 0.6) is 5.75 Å². The molecular formula is C22H26N2O3. The second kappa shape index (κ2) is 10.2. The Morgan fingerprint density at radius 3 is 2.44 bits per heavy atom. The monoisotopic (exact) mass is 366 g/mol. The molecule has 0 amide bonds. The third kappa shape index (κ3) is 5.75. The highest BCUT2D eigenvalue weighted by atomic mass is 16.5. The first-order valence-electron chi connectivity index (χ1n) is 9.31. The number of carbonyl (C=O) groups is 1. The zero-order valence-electron chi connectivity index (χ0n) is 16.1. The molecule has 5 nitrogen and oxygen atoms in total. The molecule has 0 aliphatic heterocycles. The Kier molecular flexibility index (Phi) is 7.69. The molecule has 0 aromatic heterocycles. The number of aryl methyl sites for hydroxylation is 1. The normalized spacial score (nSPS) is 11.3. The number of hydrogen-bond donors (Lipinski definition) is 1. The van der Waals surface area contributed by atoms with E-state index in [1.54, 1.807) is 31.2 Å². The van der Waals surface area contributed by atoms with E-state index in [0.29, 0.717) is 18.8 Å². The molecule has 0 aliphatic carbocycles. The molecule has 1 atom stereocenters. The van der Waals surface area contributed by atoms with Crippen molar-refractivity contribution in [1.29, 1.82) is 5.26 Å². The maximum absolute atomic E-state index is 12.6. The standard InChI is InChI=1S/C22H26N2O3/c1-4-7-17-12-18(14-20(13-17)26-5-2)21(22(25)27-6-3)24-19-10-8-16(15-23)9-11-19/h8-14,21,24H,4-7H2,1-3H3. The van der Waals surface area contributed by atoms with Crippen molar-refractivity contribution in [1.82, 2.24) is 0 Å². The molecule has 0 bridgehead atoms. The zero-order valence-corrected chi connectivity index (χ0v) is 16.1. The summed E-state index contributed by atoms with van der Waals surface area (Å²) in [5.74, 6) is 0.396. The van der Waals surface area contributed by atoms with Gasteiger partial charge in [0.25, 0.3) is 0 Å². The Bertz CT molecular complexity index is 770. The summed E-state index contributed by atoms with van der Waals surface area (Å²) in [5, 5.41) is 12.2. The number of rotatable bonds is 9. The largest absolute Gasteiger partial charge is 0.494 e. The Morgan fingerprint density at radius 1 is 1.11 bits per heavy atom. The maximum atomic E-state index is 12.6. The van der Waals surface area contributed by atoms with Gasteiger partial charge in [-0.05, 0) is 67.8 Å². The molecule has 2 aromatic carbocycles. The maximum Gasteiger partial charge on any atom is 0.333 e. The summed E-state index contributed by atoms with van der Waals surface area (Å²) in [4.78, 5) is 12.6. The van der Waals surface area contributed by atoms with Gasteiger partial charge in [-0.15, -0.1) is 0 Å². The van der Waals surface area contributed by atoms with Crippen LogP contribution in [0.3, 0.4) is 0 Å². The van der Waals surface area contributed by atoms with E-state index in [1.807, 2.05) is 25.1 Å². The van der Waals surface area contributed by atoms with Crippen molar-refractivity contribution in [3.63, 3.8) is 0 Å². The second-order valence-corrected chi connectivity index (χ2v) is 6.11. The lowest BCUT2D eigenvalue weighted by Gasteiger charge is -2.20. The van der Waals surface area contributed by atoms with Gasteiger partial charge in [-0.25, -0.2) is 4.79 Å². The number of hydrogen-bond acceptors (Lipinski definition) is 5. The Hall–Kier alpha value is -3.00. The second-order valence-electron chi connectivity index (χ2n) is 6.11. The summed E-state index contributed by atoms with van der Waals surface area (Å²) in [5.41, 5.74) is 3.23. The average molecular weight is 366 g/mol. The summed E-state index contributed by atoms with van der Waals surface area (Å²) >= 11 is 0. The highest BCUT2D eigenvalue weighted by Gasteiger charge is 2.23. The topological polar surface area (TPSA) is 71.3 Å². The van der Waals surface area contributed by atoms with Crippen LogP contribution in [0.2, 0.25) is 0 Å². The number of carbonyl (C=O) groups excluding carboxylic acids is 1. The number of anilines is 1. The van der Waals surface area contributed by atoms with E-state index >= 15 is 0 Å². The van der Waals surface area contributed by atoms with Gasteiger partial charge in [-0.3, -0.25) is 0 Å². The highest BCUT2D eigenvalue weighted by molar-refractivity contribution is 5.81. The van der Waals surface area contributed by atoms with Gasteiger partial charge in [-0.1, -0.05) is 19.4 Å². The summed E-state index contributed by atoms with van der Waals surface area (Å²) < 4.78 is 11.0. The van der Waals surface area contributed by atoms with Crippen molar-refractivity contribution in [2.45, 2.75) is 39.7 Å². The van der Waals surface area contributed by atoms with Crippen LogP contribution in [0.4, 0.5) is 5.69 Å². The minimum atomic E-state index is -0.658. The third-order valence-electron chi connectivity index (χ3n) is 4.02. The average Bonchev–Trinajstić information content (AvgIpc) is 2.67. The predicted octanol–water partition coefficient (Wildman–Crippen LogP) is 4.63. The molecular weight excluding hydrogens is 340 g/mol. The fourth-order valence-corrected chi connectivity index (χ4v) is 2.85. The van der Waals surface area contributed by atoms with Crippen molar-refractivity contribution in [3.8, 4) is 11.8 Å². The van der Waals surface area contributed by atoms with Crippen LogP contribution >= 0.6 is 0 Å². The van der Waals surface area contributed by atoms with Crippen LogP contribution in [0, 0.1) is 11.3 Å². The molecule has 0 aliphatic rings. The van der Waals surface area contributed by atoms with E-state index in [-0.39, 0.29) is 5.97 Å². The van der Waals surface area contributed by atoms with Gasteiger partial charge >= 0.3 is 5.97 Å². The first kappa shape index (κ1) is 20.3. The minimum Gasteiger partial charge on any atom is -0.494 e. The summed E-state index contributed by atoms with van der Waals surface area (Å²) in [6.07, 6.45) is 1.91. The first-order chi connectivity index (χ1) is 13.1. The lowest BCUT2D eigenvalue weighted by Crippen LogP contribution is -2.23. The van der Waals surface area contributed by atoms with Gasteiger partial charge in [0.2, 0.25) is 0 Å². The van der Waals surface area contributed by atoms with Crippen LogP contribution in [0.1, 0.15) is 49.9 Å². The molecule has 1 unspecified atom stereocenters. The zero-order chi connectivity index (χ0) is 19.6. The van der Waals surface area contributed by atoms with E-state index in [9.17, 15) is 4.79 Å². The van der Waals surface area contributed by atoms with Crippen molar-refractivity contribution in [3.05, 3.63) is 59.2 Å². The minimum absolute atomic E-state index is 0.303. The molecule has 142 valence electrons. The molecule has 0 fully saturated rings. The molecule has 0 radical (unpaired) electrons. The van der Waals surface area contributed by atoms with Crippen LogP contribution < -0.4 is 10.1 Å². The van der Waals surface area contributed by atoms with Crippen LogP contribution in [-0.2, 0) is 16.0 Å². The molecule has 2 rings (SSSR count). The molecule has 5 heteroatoms. The fraction of sp³-hybridized carbons (Fsp3) is 0.364. The highest BCUT2D eigenvalue weighted by Crippen LogP contribution is 2.27. The molecule has 2 aromatic rings. The number of nitriles is 1. The van der Waals surface area contributed by atoms with Crippen LogP contribution in [0.25, 0.3) is 0 Å². The number of nitrogens with one attached hydrogen (secondary N) is 1. The number of benzene rings is 2. The van der Waals surface area contributed by atoms with Gasteiger partial charge in [0.15, 0.2) is 6.04 Å². The van der Waals surface area contributed by atoms with Crippen molar-refractivity contribution in [2.75, 3.05) is 18.5 Å². The molecule has 1 N–H and O–H groups in total. The van der Waals surface area contributed by atoms with Gasteiger partial charge in [0, 0.05) is 5.69 Å². The Morgan fingerprint density at radius 2 is 1.85 bits per heavy atom.